The van der Waals surface area contributed by atoms with Crippen LogP contribution in [0.5, 0.6) is 0 Å². The van der Waals surface area contributed by atoms with Crippen molar-refractivity contribution in [2.45, 2.75) is 16.2 Å². The highest BCUT2D eigenvalue weighted by atomic mass is 32.2. The van der Waals surface area contributed by atoms with Gasteiger partial charge in [-0.2, -0.15) is 18.3 Å². The van der Waals surface area contributed by atoms with Crippen molar-refractivity contribution in [2.24, 2.45) is 0 Å². The Bertz CT molecular complexity index is 600. The highest BCUT2D eigenvalue weighted by Crippen LogP contribution is 2.37. The van der Waals surface area contributed by atoms with Crippen LogP contribution in [-0.2, 0) is 6.18 Å². The fraction of sp³-hybridized carbons (Fsp3) is 0.111. The molecule has 0 radical (unpaired) electrons. The summed E-state index contributed by atoms with van der Waals surface area (Å²) in [5.41, 5.74) is -1.70. The summed E-state index contributed by atoms with van der Waals surface area (Å²) in [5, 5.41) is 17.1. The maximum Gasteiger partial charge on any atom is 0.416 e. The lowest BCUT2D eigenvalue weighted by Crippen LogP contribution is -2.05. The molecule has 2 aromatic rings. The average Bonchev–Trinajstić information content (AvgIpc) is 2.80. The molecule has 0 aliphatic carbocycles. The molecule has 0 saturated carbocycles. The first-order valence-corrected chi connectivity index (χ1v) is 5.58. The molecular weight excluding hydrogens is 285 g/mol. The summed E-state index contributed by atoms with van der Waals surface area (Å²) in [6, 6.07) is 2.32. The second kappa shape index (κ2) is 4.88. The molecule has 0 aliphatic rings. The molecule has 0 unspecified atom stereocenters. The number of aromatic nitrogens is 3. The van der Waals surface area contributed by atoms with E-state index in [2.05, 4.69) is 15.2 Å². The fourth-order valence-corrected chi connectivity index (χ4v) is 2.05. The zero-order valence-corrected chi connectivity index (χ0v) is 9.83. The molecule has 0 spiro atoms. The van der Waals surface area contributed by atoms with E-state index in [4.69, 9.17) is 0 Å². The van der Waals surface area contributed by atoms with Gasteiger partial charge < -0.3 is 0 Å². The van der Waals surface area contributed by atoms with Gasteiger partial charge in [0, 0.05) is 6.07 Å². The SMILES string of the molecule is O=[N+]([O-])c1cc(C(F)(F)F)ccc1Sc1ncn[nH]1. The fourth-order valence-electron chi connectivity index (χ4n) is 1.27. The average molecular weight is 290 g/mol. The van der Waals surface area contributed by atoms with E-state index in [9.17, 15) is 23.3 Å². The monoisotopic (exact) mass is 290 g/mol. The summed E-state index contributed by atoms with van der Waals surface area (Å²) >= 11 is 0.830. The maximum atomic E-state index is 12.5. The number of nitrogens with zero attached hydrogens (tertiary/aromatic N) is 3. The largest absolute Gasteiger partial charge is 0.416 e. The van der Waals surface area contributed by atoms with Gasteiger partial charge >= 0.3 is 6.18 Å². The number of halogens is 3. The van der Waals surface area contributed by atoms with Crippen molar-refractivity contribution in [1.29, 1.82) is 0 Å². The number of hydrogen-bond donors (Lipinski definition) is 1. The number of benzene rings is 1. The summed E-state index contributed by atoms with van der Waals surface area (Å²) in [4.78, 5) is 13.7. The molecule has 0 amide bonds. The maximum absolute atomic E-state index is 12.5. The molecule has 6 nitrogen and oxygen atoms in total. The van der Waals surface area contributed by atoms with E-state index in [1.54, 1.807) is 0 Å². The minimum atomic E-state index is -4.62. The molecule has 0 saturated heterocycles. The van der Waals surface area contributed by atoms with Crippen molar-refractivity contribution in [3.8, 4) is 0 Å². The van der Waals surface area contributed by atoms with Gasteiger partial charge in [0.2, 0.25) is 0 Å². The lowest BCUT2D eigenvalue weighted by molar-refractivity contribution is -0.388. The normalized spacial score (nSPS) is 11.5. The number of nitro groups is 1. The first kappa shape index (κ1) is 13.3. The quantitative estimate of drug-likeness (QED) is 0.694. The van der Waals surface area contributed by atoms with Crippen molar-refractivity contribution < 1.29 is 18.1 Å². The van der Waals surface area contributed by atoms with Crippen molar-refractivity contribution >= 4 is 17.4 Å². The topological polar surface area (TPSA) is 84.7 Å². The summed E-state index contributed by atoms with van der Waals surface area (Å²) in [7, 11) is 0. The number of aromatic amines is 1. The van der Waals surface area contributed by atoms with Crippen LogP contribution in [0.4, 0.5) is 18.9 Å². The Morgan fingerprint density at radius 1 is 1.37 bits per heavy atom. The van der Waals surface area contributed by atoms with Crippen LogP contribution in [0.25, 0.3) is 0 Å². The summed E-state index contributed by atoms with van der Waals surface area (Å²) in [6.45, 7) is 0. The minimum Gasteiger partial charge on any atom is -0.258 e. The Kier molecular flexibility index (Phi) is 3.42. The Labute approximate surface area is 108 Å². The van der Waals surface area contributed by atoms with Gasteiger partial charge in [-0.1, -0.05) is 0 Å². The number of nitro benzene ring substituents is 1. The molecule has 1 aromatic carbocycles. The Balaban J connectivity index is 2.41. The number of rotatable bonds is 3. The third-order valence-electron chi connectivity index (χ3n) is 2.08. The van der Waals surface area contributed by atoms with Gasteiger partial charge in [0.25, 0.3) is 5.69 Å². The molecule has 19 heavy (non-hydrogen) atoms. The van der Waals surface area contributed by atoms with Crippen LogP contribution in [0.1, 0.15) is 5.56 Å². The molecule has 0 aliphatic heterocycles. The van der Waals surface area contributed by atoms with Crippen molar-refractivity contribution in [1.82, 2.24) is 15.2 Å². The van der Waals surface area contributed by atoms with Crippen LogP contribution in [0.2, 0.25) is 0 Å². The third-order valence-corrected chi connectivity index (χ3v) is 3.04. The van der Waals surface area contributed by atoms with E-state index in [1.807, 2.05) is 0 Å². The van der Waals surface area contributed by atoms with Crippen molar-refractivity contribution in [3.05, 3.63) is 40.2 Å². The van der Waals surface area contributed by atoms with Gasteiger partial charge in [0.1, 0.15) is 6.33 Å². The predicted octanol–water partition coefficient (Wildman–Crippen LogP) is 2.88. The van der Waals surface area contributed by atoms with E-state index < -0.39 is 22.4 Å². The molecule has 1 heterocycles. The molecule has 0 bridgehead atoms. The van der Waals surface area contributed by atoms with Crippen LogP contribution >= 0.6 is 11.8 Å². The highest BCUT2D eigenvalue weighted by Gasteiger charge is 2.33. The molecule has 1 aromatic heterocycles. The number of hydrogen-bond acceptors (Lipinski definition) is 5. The minimum absolute atomic E-state index is 0.0507. The molecule has 1 N–H and O–H groups in total. The highest BCUT2D eigenvalue weighted by molar-refractivity contribution is 7.99. The van der Waals surface area contributed by atoms with Gasteiger partial charge in [-0.3, -0.25) is 15.2 Å². The summed E-state index contributed by atoms with van der Waals surface area (Å²) in [5.74, 6) is 0. The van der Waals surface area contributed by atoms with Gasteiger partial charge in [0.05, 0.1) is 15.4 Å². The molecule has 0 atom stereocenters. The van der Waals surface area contributed by atoms with Crippen LogP contribution in [-0.4, -0.2) is 20.1 Å². The summed E-state index contributed by atoms with van der Waals surface area (Å²) in [6.07, 6.45) is -3.43. The van der Waals surface area contributed by atoms with Crippen LogP contribution in [0.15, 0.2) is 34.6 Å². The van der Waals surface area contributed by atoms with Gasteiger partial charge in [-0.05, 0) is 23.9 Å². The standard InChI is InChI=1S/C9H5F3N4O2S/c10-9(11,12)5-1-2-7(6(3-5)16(17)18)19-8-13-4-14-15-8/h1-4H,(H,13,14,15). The predicted molar refractivity (Wildman–Crippen MR) is 58.6 cm³/mol. The lowest BCUT2D eigenvalue weighted by atomic mass is 10.2. The van der Waals surface area contributed by atoms with E-state index in [0.29, 0.717) is 6.07 Å². The van der Waals surface area contributed by atoms with E-state index in [-0.39, 0.29) is 10.1 Å². The first-order chi connectivity index (χ1) is 8.88. The van der Waals surface area contributed by atoms with Crippen molar-refractivity contribution in [2.75, 3.05) is 0 Å². The second-order valence-corrected chi connectivity index (χ2v) is 4.36. The van der Waals surface area contributed by atoms with Crippen LogP contribution < -0.4 is 0 Å². The van der Waals surface area contributed by atoms with Crippen molar-refractivity contribution in [3.63, 3.8) is 0 Å². The molecule has 100 valence electrons. The molecule has 10 heteroatoms. The summed E-state index contributed by atoms with van der Waals surface area (Å²) < 4.78 is 37.4. The second-order valence-electron chi connectivity index (χ2n) is 3.33. The van der Waals surface area contributed by atoms with Gasteiger partial charge in [-0.15, -0.1) is 0 Å². The zero-order valence-electron chi connectivity index (χ0n) is 9.01. The van der Waals surface area contributed by atoms with E-state index >= 15 is 0 Å². The molecular formula is C9H5F3N4O2S. The van der Waals surface area contributed by atoms with Gasteiger partial charge in [-0.25, -0.2) is 4.98 Å². The molecule has 0 fully saturated rings. The number of nitrogens with one attached hydrogen (secondary N) is 1. The Morgan fingerprint density at radius 2 is 2.11 bits per heavy atom. The lowest BCUT2D eigenvalue weighted by Gasteiger charge is -2.07. The van der Waals surface area contributed by atoms with E-state index in [0.717, 1.165) is 23.9 Å². The number of H-pyrrole nitrogens is 1. The Hall–Kier alpha value is -2.10. The first-order valence-electron chi connectivity index (χ1n) is 4.77. The smallest absolute Gasteiger partial charge is 0.258 e. The number of alkyl halides is 3. The Morgan fingerprint density at radius 3 is 2.63 bits per heavy atom. The third kappa shape index (κ3) is 3.02. The zero-order chi connectivity index (χ0) is 14.0. The van der Waals surface area contributed by atoms with Crippen LogP contribution in [0.3, 0.4) is 0 Å². The molecule has 2 rings (SSSR count). The van der Waals surface area contributed by atoms with Gasteiger partial charge in [0.15, 0.2) is 5.16 Å². The van der Waals surface area contributed by atoms with Crippen LogP contribution in [0, 0.1) is 10.1 Å². The van der Waals surface area contributed by atoms with E-state index in [1.165, 1.54) is 6.33 Å².